The molecule has 2 rings (SSSR count). The number of rotatable bonds is 2. The molecule has 1 aromatic carbocycles. The fraction of sp³-hybridized carbons (Fsp3) is 0.267. The van der Waals surface area contributed by atoms with E-state index in [9.17, 15) is 9.90 Å². The minimum Gasteiger partial charge on any atom is -0.476 e. The number of carboxylic acids is 1. The standard InChI is InChI=1S/C15H14BrN3O2/c1-15(2,3)13-11(16)12(14(20)21)18-19(13)10-6-4-9(8-17)5-7-10/h4-7H,1-3H3,(H,20,21). The van der Waals surface area contributed by atoms with Crippen LogP contribution in [-0.4, -0.2) is 20.9 Å². The Kier molecular flexibility index (Phi) is 3.88. The molecule has 6 heteroatoms. The second-order valence-electron chi connectivity index (χ2n) is 5.64. The van der Waals surface area contributed by atoms with E-state index in [1.165, 1.54) is 0 Å². The molecule has 0 atom stereocenters. The first-order chi connectivity index (χ1) is 9.75. The number of carbonyl (C=O) groups is 1. The van der Waals surface area contributed by atoms with Gasteiger partial charge in [0.15, 0.2) is 5.69 Å². The van der Waals surface area contributed by atoms with E-state index in [4.69, 9.17) is 5.26 Å². The fourth-order valence-electron chi connectivity index (χ4n) is 2.05. The lowest BCUT2D eigenvalue weighted by Gasteiger charge is -2.21. The Labute approximate surface area is 131 Å². The van der Waals surface area contributed by atoms with Crippen LogP contribution in [0.1, 0.15) is 42.5 Å². The van der Waals surface area contributed by atoms with Crippen molar-refractivity contribution in [2.75, 3.05) is 0 Å². The van der Waals surface area contributed by atoms with E-state index in [0.29, 0.717) is 15.7 Å². The van der Waals surface area contributed by atoms with Gasteiger partial charge in [-0.05, 0) is 40.2 Å². The summed E-state index contributed by atoms with van der Waals surface area (Å²) in [6.45, 7) is 5.96. The predicted molar refractivity (Wildman–Crippen MR) is 81.6 cm³/mol. The van der Waals surface area contributed by atoms with Gasteiger partial charge in [0, 0.05) is 5.41 Å². The highest BCUT2D eigenvalue weighted by Crippen LogP contribution is 2.34. The molecule has 0 aliphatic carbocycles. The topological polar surface area (TPSA) is 78.9 Å². The van der Waals surface area contributed by atoms with Gasteiger partial charge in [-0.1, -0.05) is 20.8 Å². The molecular weight excluding hydrogens is 334 g/mol. The number of hydrogen-bond acceptors (Lipinski definition) is 3. The summed E-state index contributed by atoms with van der Waals surface area (Å²) in [5, 5.41) is 22.3. The molecule has 1 heterocycles. The zero-order chi connectivity index (χ0) is 15.8. The number of nitriles is 1. The van der Waals surface area contributed by atoms with Crippen LogP contribution in [0.2, 0.25) is 0 Å². The van der Waals surface area contributed by atoms with Crippen LogP contribution in [0, 0.1) is 11.3 Å². The maximum absolute atomic E-state index is 11.3. The highest BCUT2D eigenvalue weighted by molar-refractivity contribution is 9.10. The molecule has 0 unspecified atom stereocenters. The number of aromatic nitrogens is 2. The van der Waals surface area contributed by atoms with Crippen molar-refractivity contribution in [3.63, 3.8) is 0 Å². The number of benzene rings is 1. The summed E-state index contributed by atoms with van der Waals surface area (Å²) in [6, 6.07) is 8.91. The molecule has 0 amide bonds. The molecule has 0 spiro atoms. The minimum atomic E-state index is -1.08. The van der Waals surface area contributed by atoms with Crippen molar-refractivity contribution in [3.8, 4) is 11.8 Å². The average molecular weight is 348 g/mol. The van der Waals surface area contributed by atoms with E-state index in [-0.39, 0.29) is 11.1 Å². The summed E-state index contributed by atoms with van der Waals surface area (Å²) < 4.78 is 2.08. The van der Waals surface area contributed by atoms with Gasteiger partial charge >= 0.3 is 5.97 Å². The van der Waals surface area contributed by atoms with Gasteiger partial charge in [-0.3, -0.25) is 0 Å². The third kappa shape index (κ3) is 2.83. The van der Waals surface area contributed by atoms with Gasteiger partial charge in [0.1, 0.15) is 0 Å². The Morgan fingerprint density at radius 3 is 2.33 bits per heavy atom. The minimum absolute atomic E-state index is 0.0238. The Balaban J connectivity index is 2.70. The Bertz CT molecular complexity index is 734. The second kappa shape index (κ2) is 5.34. The van der Waals surface area contributed by atoms with E-state index in [1.54, 1.807) is 28.9 Å². The predicted octanol–water partition coefficient (Wildman–Crippen LogP) is 3.50. The molecule has 0 radical (unpaired) electrons. The maximum atomic E-state index is 11.3. The first-order valence-electron chi connectivity index (χ1n) is 6.28. The second-order valence-corrected chi connectivity index (χ2v) is 6.43. The lowest BCUT2D eigenvalue weighted by Crippen LogP contribution is -2.18. The summed E-state index contributed by atoms with van der Waals surface area (Å²) in [5.41, 5.74) is 1.70. The number of nitrogens with zero attached hydrogens (tertiary/aromatic N) is 3. The van der Waals surface area contributed by atoms with Crippen molar-refractivity contribution >= 4 is 21.9 Å². The van der Waals surface area contributed by atoms with Gasteiger partial charge in [0.05, 0.1) is 27.5 Å². The van der Waals surface area contributed by atoms with Gasteiger partial charge in [0.2, 0.25) is 0 Å². The van der Waals surface area contributed by atoms with Gasteiger partial charge in [-0.2, -0.15) is 10.4 Å². The quantitative estimate of drug-likeness (QED) is 0.901. The van der Waals surface area contributed by atoms with E-state index in [1.807, 2.05) is 20.8 Å². The normalized spacial score (nSPS) is 11.2. The Morgan fingerprint density at radius 2 is 1.90 bits per heavy atom. The third-order valence-electron chi connectivity index (χ3n) is 2.98. The third-order valence-corrected chi connectivity index (χ3v) is 3.73. The summed E-state index contributed by atoms with van der Waals surface area (Å²) in [4.78, 5) is 11.3. The van der Waals surface area contributed by atoms with Crippen molar-refractivity contribution in [1.29, 1.82) is 5.26 Å². The molecule has 21 heavy (non-hydrogen) atoms. The van der Waals surface area contributed by atoms with Crippen LogP contribution in [0.3, 0.4) is 0 Å². The van der Waals surface area contributed by atoms with Crippen molar-refractivity contribution in [3.05, 3.63) is 45.7 Å². The van der Waals surface area contributed by atoms with Crippen LogP contribution in [0.25, 0.3) is 5.69 Å². The van der Waals surface area contributed by atoms with E-state index < -0.39 is 5.97 Å². The maximum Gasteiger partial charge on any atom is 0.357 e. The molecule has 0 fully saturated rings. The van der Waals surface area contributed by atoms with Crippen molar-refractivity contribution in [1.82, 2.24) is 9.78 Å². The largest absolute Gasteiger partial charge is 0.476 e. The van der Waals surface area contributed by atoms with Crippen LogP contribution in [-0.2, 0) is 5.41 Å². The molecule has 0 saturated heterocycles. The van der Waals surface area contributed by atoms with E-state index in [2.05, 4.69) is 27.1 Å². The van der Waals surface area contributed by atoms with E-state index in [0.717, 1.165) is 5.69 Å². The average Bonchev–Trinajstić information content (AvgIpc) is 2.76. The van der Waals surface area contributed by atoms with Gasteiger partial charge < -0.3 is 5.11 Å². The van der Waals surface area contributed by atoms with Crippen molar-refractivity contribution in [2.24, 2.45) is 0 Å². The molecule has 1 aromatic heterocycles. The van der Waals surface area contributed by atoms with Crippen LogP contribution >= 0.6 is 15.9 Å². The number of hydrogen-bond donors (Lipinski definition) is 1. The fourth-order valence-corrected chi connectivity index (χ4v) is 3.06. The van der Waals surface area contributed by atoms with E-state index >= 15 is 0 Å². The zero-order valence-corrected chi connectivity index (χ0v) is 13.5. The van der Waals surface area contributed by atoms with Crippen LogP contribution < -0.4 is 0 Å². The highest BCUT2D eigenvalue weighted by Gasteiger charge is 2.29. The molecular formula is C15H14BrN3O2. The number of halogens is 1. The number of carboxylic acid groups (broad SMARTS) is 1. The zero-order valence-electron chi connectivity index (χ0n) is 11.9. The SMILES string of the molecule is CC(C)(C)c1c(Br)c(C(=O)O)nn1-c1ccc(C#N)cc1. The van der Waals surface area contributed by atoms with Crippen LogP contribution in [0.15, 0.2) is 28.7 Å². The molecule has 0 aliphatic rings. The molecule has 0 bridgehead atoms. The van der Waals surface area contributed by atoms with Crippen molar-refractivity contribution < 1.29 is 9.90 Å². The summed E-state index contributed by atoms with van der Waals surface area (Å²) in [6.07, 6.45) is 0. The van der Waals surface area contributed by atoms with Gasteiger partial charge in [0.25, 0.3) is 0 Å². The first kappa shape index (κ1) is 15.3. The number of aromatic carboxylic acids is 1. The Morgan fingerprint density at radius 1 is 1.33 bits per heavy atom. The lowest BCUT2D eigenvalue weighted by molar-refractivity contribution is 0.0689. The molecule has 2 aromatic rings. The lowest BCUT2D eigenvalue weighted by atomic mass is 9.91. The monoisotopic (exact) mass is 347 g/mol. The molecule has 1 N–H and O–H groups in total. The van der Waals surface area contributed by atoms with Gasteiger partial charge in [-0.15, -0.1) is 0 Å². The van der Waals surface area contributed by atoms with Crippen LogP contribution in [0.4, 0.5) is 0 Å². The molecule has 0 aliphatic heterocycles. The first-order valence-corrected chi connectivity index (χ1v) is 7.08. The molecule has 5 nitrogen and oxygen atoms in total. The molecule has 108 valence electrons. The smallest absolute Gasteiger partial charge is 0.357 e. The summed E-state index contributed by atoms with van der Waals surface area (Å²) in [5.74, 6) is -1.08. The summed E-state index contributed by atoms with van der Waals surface area (Å²) >= 11 is 3.35. The summed E-state index contributed by atoms with van der Waals surface area (Å²) in [7, 11) is 0. The Hall–Kier alpha value is -2.13. The highest BCUT2D eigenvalue weighted by atomic mass is 79.9. The van der Waals surface area contributed by atoms with Crippen LogP contribution in [0.5, 0.6) is 0 Å². The van der Waals surface area contributed by atoms with Crippen molar-refractivity contribution in [2.45, 2.75) is 26.2 Å². The van der Waals surface area contributed by atoms with Gasteiger partial charge in [-0.25, -0.2) is 9.48 Å². The molecule has 0 saturated carbocycles.